The van der Waals surface area contributed by atoms with Crippen LogP contribution in [0.3, 0.4) is 0 Å². The van der Waals surface area contributed by atoms with E-state index in [2.05, 4.69) is 20.7 Å². The third kappa shape index (κ3) is 0.984. The first-order valence-corrected chi connectivity index (χ1v) is 3.83. The third-order valence-electron chi connectivity index (χ3n) is 1.79. The van der Waals surface area contributed by atoms with Gasteiger partial charge in [0.15, 0.2) is 6.29 Å². The van der Waals surface area contributed by atoms with Gasteiger partial charge in [0.2, 0.25) is 0 Å². The number of hydrogen-bond acceptors (Lipinski definition) is 4. The van der Waals surface area contributed by atoms with E-state index < -0.39 is 0 Å². The number of amidine groups is 1. The average Bonchev–Trinajstić information content (AvgIpc) is 2.50. The van der Waals surface area contributed by atoms with Crippen LogP contribution in [0.2, 0.25) is 0 Å². The first-order valence-electron chi connectivity index (χ1n) is 3.83. The summed E-state index contributed by atoms with van der Waals surface area (Å²) in [7, 11) is 1.86. The van der Waals surface area contributed by atoms with Crippen LogP contribution in [-0.2, 0) is 0 Å². The average molecular weight is 165 g/mol. The smallest absolute Gasteiger partial charge is 0.199 e. The minimum Gasteiger partial charge on any atom is -0.329 e. The minimum absolute atomic E-state index is 0.0729. The Labute approximate surface area is 70.5 Å². The molecule has 12 heavy (non-hydrogen) atoms. The number of anilines is 1. The highest BCUT2D eigenvalue weighted by atomic mass is 15.5. The predicted molar refractivity (Wildman–Crippen MR) is 47.1 cm³/mol. The van der Waals surface area contributed by atoms with E-state index in [9.17, 15) is 0 Å². The van der Waals surface area contributed by atoms with E-state index in [1.165, 1.54) is 0 Å². The van der Waals surface area contributed by atoms with Gasteiger partial charge in [0.05, 0.1) is 6.20 Å². The number of nitrogens with zero attached hydrogens (tertiary/aromatic N) is 3. The van der Waals surface area contributed by atoms with Crippen LogP contribution < -0.4 is 10.6 Å². The highest BCUT2D eigenvalue weighted by Crippen LogP contribution is 2.17. The second kappa shape index (κ2) is 2.60. The zero-order valence-corrected chi connectivity index (χ0v) is 7.07. The number of aliphatic imine (C=N–C) groups is 1. The van der Waals surface area contributed by atoms with Gasteiger partial charge in [-0.2, -0.15) is 5.10 Å². The Morgan fingerprint density at radius 3 is 3.25 bits per heavy atom. The van der Waals surface area contributed by atoms with E-state index in [0.29, 0.717) is 0 Å². The van der Waals surface area contributed by atoms with Crippen molar-refractivity contribution in [3.63, 3.8) is 0 Å². The Morgan fingerprint density at radius 2 is 2.50 bits per heavy atom. The number of hydrogen-bond donors (Lipinski definition) is 2. The van der Waals surface area contributed by atoms with E-state index in [1.807, 2.05) is 20.0 Å². The molecule has 0 radical (unpaired) electrons. The first kappa shape index (κ1) is 7.30. The van der Waals surface area contributed by atoms with Gasteiger partial charge >= 0.3 is 0 Å². The highest BCUT2D eigenvalue weighted by molar-refractivity contribution is 5.93. The van der Waals surface area contributed by atoms with Crippen molar-refractivity contribution in [1.82, 2.24) is 15.1 Å². The van der Waals surface area contributed by atoms with Crippen LogP contribution in [0.1, 0.15) is 13.2 Å². The van der Waals surface area contributed by atoms with Gasteiger partial charge in [-0.15, -0.1) is 0 Å². The number of rotatable bonds is 1. The lowest BCUT2D eigenvalue weighted by atomic mass is 10.5. The Hall–Kier alpha value is -1.36. The summed E-state index contributed by atoms with van der Waals surface area (Å²) in [6, 6.07) is 1.92. The van der Waals surface area contributed by atoms with Crippen LogP contribution in [0, 0.1) is 0 Å². The summed E-state index contributed by atoms with van der Waals surface area (Å²) < 4.78 is 1.80. The molecule has 1 atom stereocenters. The molecule has 2 heterocycles. The molecule has 1 aliphatic heterocycles. The summed E-state index contributed by atoms with van der Waals surface area (Å²) in [5.74, 6) is 1.88. The molecule has 64 valence electrons. The van der Waals surface area contributed by atoms with Crippen molar-refractivity contribution >= 4 is 11.7 Å². The lowest BCUT2D eigenvalue weighted by Gasteiger charge is -2.21. The zero-order valence-electron chi connectivity index (χ0n) is 7.07. The van der Waals surface area contributed by atoms with Gasteiger partial charge in [-0.05, 0) is 14.0 Å². The zero-order chi connectivity index (χ0) is 8.55. The summed E-state index contributed by atoms with van der Waals surface area (Å²) in [5, 5.41) is 10.3. The molecule has 2 N–H and O–H groups in total. The molecule has 0 aliphatic carbocycles. The van der Waals surface area contributed by atoms with Crippen molar-refractivity contribution in [2.75, 3.05) is 12.4 Å². The van der Waals surface area contributed by atoms with Gasteiger partial charge in [-0.25, -0.2) is 9.67 Å². The molecular formula is C7H11N5. The second-order valence-electron chi connectivity index (χ2n) is 2.66. The maximum absolute atomic E-state index is 4.31. The fourth-order valence-electron chi connectivity index (χ4n) is 1.25. The second-order valence-corrected chi connectivity index (χ2v) is 2.66. The van der Waals surface area contributed by atoms with Crippen LogP contribution in [0.5, 0.6) is 0 Å². The van der Waals surface area contributed by atoms with E-state index in [4.69, 9.17) is 0 Å². The van der Waals surface area contributed by atoms with Crippen molar-refractivity contribution in [1.29, 1.82) is 0 Å². The van der Waals surface area contributed by atoms with Gasteiger partial charge in [-0.3, -0.25) is 5.32 Å². The van der Waals surface area contributed by atoms with E-state index in [-0.39, 0.29) is 6.29 Å². The molecule has 1 aliphatic rings. The van der Waals surface area contributed by atoms with Crippen LogP contribution in [0.4, 0.5) is 5.82 Å². The lowest BCUT2D eigenvalue weighted by molar-refractivity contribution is 0.414. The third-order valence-corrected chi connectivity index (χ3v) is 1.79. The molecule has 0 saturated carbocycles. The maximum atomic E-state index is 4.31. The van der Waals surface area contributed by atoms with Crippen molar-refractivity contribution in [3.8, 4) is 0 Å². The van der Waals surface area contributed by atoms with E-state index in [0.717, 1.165) is 11.7 Å². The van der Waals surface area contributed by atoms with Crippen molar-refractivity contribution < 1.29 is 0 Å². The van der Waals surface area contributed by atoms with Crippen molar-refractivity contribution in [2.24, 2.45) is 4.99 Å². The molecule has 5 heteroatoms. The van der Waals surface area contributed by atoms with Crippen LogP contribution in [0.15, 0.2) is 17.3 Å². The summed E-state index contributed by atoms with van der Waals surface area (Å²) in [6.07, 6.45) is 1.68. The molecule has 0 spiro atoms. The highest BCUT2D eigenvalue weighted by Gasteiger charge is 2.16. The number of fused-ring (bicyclic) bond motifs is 1. The largest absolute Gasteiger partial charge is 0.329 e. The lowest BCUT2D eigenvalue weighted by Crippen LogP contribution is -2.30. The SMILES string of the molecule is CNC1N=C(C)Nc2ccnn21. The van der Waals surface area contributed by atoms with Gasteiger partial charge in [0.1, 0.15) is 11.7 Å². The first-order chi connectivity index (χ1) is 5.81. The Kier molecular flexibility index (Phi) is 1.58. The van der Waals surface area contributed by atoms with Crippen molar-refractivity contribution in [2.45, 2.75) is 13.2 Å². The normalized spacial score (nSPS) is 21.2. The van der Waals surface area contributed by atoms with Crippen LogP contribution >= 0.6 is 0 Å². The van der Waals surface area contributed by atoms with Crippen LogP contribution in [-0.4, -0.2) is 22.7 Å². The van der Waals surface area contributed by atoms with Gasteiger partial charge in [-0.1, -0.05) is 0 Å². The standard InChI is InChI=1S/C7H11N5/c1-5-10-6-3-4-9-12(6)7(8-2)11-5/h3-4,7-8H,1-2H3,(H,10,11). The van der Waals surface area contributed by atoms with Crippen LogP contribution in [0.25, 0.3) is 0 Å². The Bertz CT molecular complexity index is 313. The monoisotopic (exact) mass is 165 g/mol. The van der Waals surface area contributed by atoms with Gasteiger partial charge in [0.25, 0.3) is 0 Å². The molecule has 0 bridgehead atoms. The van der Waals surface area contributed by atoms with E-state index >= 15 is 0 Å². The molecule has 0 saturated heterocycles. The quantitative estimate of drug-likeness (QED) is 0.633. The van der Waals surface area contributed by atoms with Gasteiger partial charge in [0, 0.05) is 6.07 Å². The fourth-order valence-corrected chi connectivity index (χ4v) is 1.25. The summed E-state index contributed by atoms with van der Waals surface area (Å²) in [6.45, 7) is 1.93. The molecule has 0 aromatic carbocycles. The molecule has 0 amide bonds. The maximum Gasteiger partial charge on any atom is 0.199 e. The molecule has 2 rings (SSSR count). The van der Waals surface area contributed by atoms with Crippen molar-refractivity contribution in [3.05, 3.63) is 12.3 Å². The summed E-state index contributed by atoms with van der Waals surface area (Å²) in [5.41, 5.74) is 0. The summed E-state index contributed by atoms with van der Waals surface area (Å²) in [4.78, 5) is 4.31. The minimum atomic E-state index is -0.0729. The number of nitrogens with one attached hydrogen (secondary N) is 2. The molecular weight excluding hydrogens is 154 g/mol. The number of aromatic nitrogens is 2. The molecule has 0 fully saturated rings. The van der Waals surface area contributed by atoms with E-state index in [1.54, 1.807) is 10.9 Å². The topological polar surface area (TPSA) is 54.2 Å². The predicted octanol–water partition coefficient (Wildman–Crippen LogP) is 0.402. The molecule has 1 aromatic rings. The molecule has 5 nitrogen and oxygen atoms in total. The van der Waals surface area contributed by atoms with Gasteiger partial charge < -0.3 is 5.32 Å². The molecule has 1 unspecified atom stereocenters. The summed E-state index contributed by atoms with van der Waals surface area (Å²) >= 11 is 0. The Balaban J connectivity index is 2.40. The fraction of sp³-hybridized carbons (Fsp3) is 0.429. The molecule has 1 aromatic heterocycles. The Morgan fingerprint density at radius 1 is 1.67 bits per heavy atom.